The number of nitrogens with one attached hydrogen (secondary N) is 2. The van der Waals surface area contributed by atoms with Crippen molar-refractivity contribution in [1.82, 2.24) is 0 Å². The molecule has 1 aromatic carbocycles. The van der Waals surface area contributed by atoms with Crippen LogP contribution in [-0.2, 0) is 4.74 Å². The molecule has 2 N–H and O–H groups in total. The van der Waals surface area contributed by atoms with E-state index in [4.69, 9.17) is 10.1 Å². The average Bonchev–Trinajstić information content (AvgIpc) is 2.83. The lowest BCUT2D eigenvalue weighted by Crippen LogP contribution is -2.27. The molecule has 3 nitrogen and oxygen atoms in total. The number of rotatable bonds is 9. The van der Waals surface area contributed by atoms with Crippen LogP contribution in [0, 0.1) is 5.41 Å². The molecule has 1 unspecified atom stereocenters. The second-order valence-corrected chi connectivity index (χ2v) is 7.19. The van der Waals surface area contributed by atoms with Gasteiger partial charge in [0.25, 0.3) is 0 Å². The Kier molecular flexibility index (Phi) is 12.2. The summed E-state index contributed by atoms with van der Waals surface area (Å²) >= 11 is 0. The van der Waals surface area contributed by atoms with Crippen LogP contribution in [0.25, 0.3) is 5.57 Å². The Morgan fingerprint density at radius 3 is 2.52 bits per heavy atom. The van der Waals surface area contributed by atoms with Crippen molar-refractivity contribution in [1.29, 1.82) is 5.41 Å². The summed E-state index contributed by atoms with van der Waals surface area (Å²) in [5.74, 6) is 0. The Morgan fingerprint density at radius 1 is 1.26 bits per heavy atom. The summed E-state index contributed by atoms with van der Waals surface area (Å²) in [5.41, 5.74) is 7.55. The highest BCUT2D eigenvalue weighted by molar-refractivity contribution is 5.92. The molecule has 1 aromatic rings. The summed E-state index contributed by atoms with van der Waals surface area (Å²) < 4.78 is 5.81. The third kappa shape index (κ3) is 7.22. The van der Waals surface area contributed by atoms with E-state index in [0.717, 1.165) is 53.8 Å². The van der Waals surface area contributed by atoms with E-state index >= 15 is 0 Å². The van der Waals surface area contributed by atoms with Crippen molar-refractivity contribution in [3.8, 4) is 0 Å². The van der Waals surface area contributed by atoms with Crippen LogP contribution in [0.2, 0.25) is 0 Å². The van der Waals surface area contributed by atoms with Crippen LogP contribution in [-0.4, -0.2) is 19.0 Å². The van der Waals surface area contributed by atoms with E-state index in [1.165, 1.54) is 23.8 Å². The third-order valence-corrected chi connectivity index (χ3v) is 5.36. The van der Waals surface area contributed by atoms with Gasteiger partial charge in [0.2, 0.25) is 0 Å². The molecule has 168 valence electrons. The molecule has 1 fully saturated rings. The van der Waals surface area contributed by atoms with Gasteiger partial charge in [0, 0.05) is 24.1 Å². The molecule has 31 heavy (non-hydrogen) atoms. The SMILES string of the molecule is C=C/C=C(C=C)/C(=C(CC)\C(C)=C\C)c1ccc(NC2CCCCO2)c(C=N)c1.CC. The Hall–Kier alpha value is -2.65. The van der Waals surface area contributed by atoms with Gasteiger partial charge in [0.1, 0.15) is 6.23 Å². The van der Waals surface area contributed by atoms with Gasteiger partial charge >= 0.3 is 0 Å². The van der Waals surface area contributed by atoms with Crippen LogP contribution in [0.15, 0.2) is 72.4 Å². The van der Waals surface area contributed by atoms with Gasteiger partial charge in [0.05, 0.1) is 0 Å². The summed E-state index contributed by atoms with van der Waals surface area (Å²) in [7, 11) is 0. The van der Waals surface area contributed by atoms with E-state index in [1.807, 2.05) is 26.0 Å². The minimum absolute atomic E-state index is 0.0178. The summed E-state index contributed by atoms with van der Waals surface area (Å²) in [5, 5.41) is 11.4. The lowest BCUT2D eigenvalue weighted by molar-refractivity contribution is 0.0343. The van der Waals surface area contributed by atoms with Crippen LogP contribution >= 0.6 is 0 Å². The van der Waals surface area contributed by atoms with Gasteiger partial charge in [-0.05, 0) is 73.9 Å². The molecule has 0 amide bonds. The third-order valence-electron chi connectivity index (χ3n) is 5.36. The molecule has 0 aromatic heterocycles. The predicted molar refractivity (Wildman–Crippen MR) is 138 cm³/mol. The minimum atomic E-state index is 0.0178. The van der Waals surface area contributed by atoms with Crippen molar-refractivity contribution in [2.75, 3.05) is 11.9 Å². The van der Waals surface area contributed by atoms with Crippen molar-refractivity contribution in [2.24, 2.45) is 0 Å². The largest absolute Gasteiger partial charge is 0.360 e. The number of anilines is 1. The van der Waals surface area contributed by atoms with Crippen LogP contribution in [0.1, 0.15) is 71.4 Å². The molecule has 0 spiro atoms. The van der Waals surface area contributed by atoms with Gasteiger partial charge < -0.3 is 15.5 Å². The molecule has 1 aliphatic heterocycles. The maximum absolute atomic E-state index is 7.96. The highest BCUT2D eigenvalue weighted by Crippen LogP contribution is 2.34. The average molecular weight is 421 g/mol. The maximum Gasteiger partial charge on any atom is 0.127 e. The number of ether oxygens (including phenoxy) is 1. The maximum atomic E-state index is 7.96. The summed E-state index contributed by atoms with van der Waals surface area (Å²) in [6.07, 6.45) is 13.4. The highest BCUT2D eigenvalue weighted by atomic mass is 16.5. The first-order valence-electron chi connectivity index (χ1n) is 11.4. The Labute approximate surface area is 189 Å². The first-order valence-corrected chi connectivity index (χ1v) is 11.4. The summed E-state index contributed by atoms with van der Waals surface area (Å²) in [6.45, 7) is 19.1. The predicted octanol–water partition coefficient (Wildman–Crippen LogP) is 8.08. The van der Waals surface area contributed by atoms with E-state index in [2.05, 4.69) is 63.5 Å². The molecule has 1 aliphatic rings. The fourth-order valence-corrected chi connectivity index (χ4v) is 3.72. The zero-order chi connectivity index (χ0) is 23.2. The molecule has 0 aliphatic carbocycles. The van der Waals surface area contributed by atoms with Gasteiger partial charge in [-0.3, -0.25) is 0 Å². The van der Waals surface area contributed by atoms with E-state index in [1.54, 1.807) is 6.08 Å². The fraction of sp³-hybridized carbons (Fsp3) is 0.393. The highest BCUT2D eigenvalue weighted by Gasteiger charge is 2.17. The van der Waals surface area contributed by atoms with E-state index in [-0.39, 0.29) is 6.23 Å². The molecule has 1 atom stereocenters. The van der Waals surface area contributed by atoms with Crippen molar-refractivity contribution in [3.63, 3.8) is 0 Å². The van der Waals surface area contributed by atoms with Gasteiger partial charge in [-0.1, -0.05) is 69.9 Å². The van der Waals surface area contributed by atoms with Crippen LogP contribution in [0.3, 0.4) is 0 Å². The normalized spacial score (nSPS) is 17.6. The van der Waals surface area contributed by atoms with Crippen molar-refractivity contribution in [3.05, 3.63) is 83.5 Å². The van der Waals surface area contributed by atoms with Crippen molar-refractivity contribution in [2.45, 2.75) is 66.5 Å². The van der Waals surface area contributed by atoms with Gasteiger partial charge in [-0.25, -0.2) is 0 Å². The van der Waals surface area contributed by atoms with Crippen molar-refractivity contribution >= 4 is 17.5 Å². The van der Waals surface area contributed by atoms with Gasteiger partial charge in [-0.2, -0.15) is 0 Å². The van der Waals surface area contributed by atoms with Gasteiger partial charge in [0.15, 0.2) is 0 Å². The van der Waals surface area contributed by atoms with Crippen LogP contribution in [0.5, 0.6) is 0 Å². The van der Waals surface area contributed by atoms with Crippen LogP contribution in [0.4, 0.5) is 5.69 Å². The van der Waals surface area contributed by atoms with E-state index in [9.17, 15) is 0 Å². The van der Waals surface area contributed by atoms with Gasteiger partial charge in [-0.15, -0.1) is 0 Å². The molecule has 3 heteroatoms. The first kappa shape index (κ1) is 26.4. The zero-order valence-electron chi connectivity index (χ0n) is 20.1. The number of allylic oxidation sites excluding steroid dienone is 8. The molecule has 2 rings (SSSR count). The summed E-state index contributed by atoms with van der Waals surface area (Å²) in [6, 6.07) is 6.25. The second-order valence-electron chi connectivity index (χ2n) is 7.19. The lowest BCUT2D eigenvalue weighted by atomic mass is 9.87. The Morgan fingerprint density at radius 2 is 2.00 bits per heavy atom. The fourth-order valence-electron chi connectivity index (χ4n) is 3.72. The number of benzene rings is 1. The molecule has 0 saturated carbocycles. The number of hydrogen-bond acceptors (Lipinski definition) is 3. The topological polar surface area (TPSA) is 45.1 Å². The quantitative estimate of drug-likeness (QED) is 0.313. The molecule has 0 bridgehead atoms. The number of hydrogen-bond donors (Lipinski definition) is 2. The first-order chi connectivity index (χ1) is 15.1. The van der Waals surface area contributed by atoms with E-state index < -0.39 is 0 Å². The van der Waals surface area contributed by atoms with E-state index in [0.29, 0.717) is 0 Å². The molecule has 1 heterocycles. The monoisotopic (exact) mass is 420 g/mol. The molecule has 0 radical (unpaired) electrons. The smallest absolute Gasteiger partial charge is 0.127 e. The lowest BCUT2D eigenvalue weighted by Gasteiger charge is -2.25. The van der Waals surface area contributed by atoms with Crippen molar-refractivity contribution < 1.29 is 4.74 Å². The Bertz CT molecular complexity index is 837. The standard InChI is InChI=1S/C26H34N2O.C2H6/c1-6-12-20(8-3)26(23(9-4)19(5)7-2)21-14-15-24(22(17-21)18-27)28-25-13-10-11-16-29-25;1-2/h6-8,12,14-15,17-18,25,27-28H,1,3,9-11,13,16H2,2,4-5H3;1-2H3/b19-7+,20-12+,26-23+,27-18?;. The van der Waals surface area contributed by atoms with Crippen LogP contribution < -0.4 is 5.32 Å². The molecule has 1 saturated heterocycles. The molecular weight excluding hydrogens is 380 g/mol. The minimum Gasteiger partial charge on any atom is -0.360 e. The zero-order valence-corrected chi connectivity index (χ0v) is 20.1. The summed E-state index contributed by atoms with van der Waals surface area (Å²) in [4.78, 5) is 0. The second kappa shape index (κ2) is 14.4. The Balaban J connectivity index is 0.00000233. The molecular formula is C28H40N2O.